The van der Waals surface area contributed by atoms with Crippen LogP contribution >= 0.6 is 0 Å². The Kier molecular flexibility index (Phi) is 6.48. The van der Waals surface area contributed by atoms with E-state index in [0.717, 1.165) is 11.3 Å². The molecule has 4 rings (SSSR count). The summed E-state index contributed by atoms with van der Waals surface area (Å²) in [6.07, 6.45) is 0. The number of hydrogen-bond donors (Lipinski definition) is 1. The Morgan fingerprint density at radius 3 is 2.30 bits per heavy atom. The highest BCUT2D eigenvalue weighted by molar-refractivity contribution is 7.89. The minimum Gasteiger partial charge on any atom is -0.496 e. The van der Waals surface area contributed by atoms with Crippen LogP contribution in [-0.2, 0) is 10.0 Å². The van der Waals surface area contributed by atoms with Crippen molar-refractivity contribution in [2.24, 2.45) is 0 Å². The molecule has 1 aromatic carbocycles. The normalized spacial score (nSPS) is 14.8. The molecule has 1 aliphatic heterocycles. The average molecular weight is 469 g/mol. The summed E-state index contributed by atoms with van der Waals surface area (Å²) >= 11 is 0. The third-order valence-electron chi connectivity index (χ3n) is 5.67. The van der Waals surface area contributed by atoms with Crippen molar-refractivity contribution in [3.63, 3.8) is 0 Å². The fraction of sp³-hybridized carbons (Fsp3) is 0.348. The molecule has 10 heteroatoms. The predicted molar refractivity (Wildman–Crippen MR) is 128 cm³/mol. The average Bonchev–Trinajstić information content (AvgIpc) is 2.81. The molecule has 0 aliphatic carbocycles. The van der Waals surface area contributed by atoms with Crippen LogP contribution in [0.5, 0.6) is 5.75 Å². The fourth-order valence-corrected chi connectivity index (χ4v) is 5.58. The highest BCUT2D eigenvalue weighted by atomic mass is 32.2. The van der Waals surface area contributed by atoms with E-state index < -0.39 is 10.0 Å². The summed E-state index contributed by atoms with van der Waals surface area (Å²) in [4.78, 5) is 6.77. The molecule has 9 nitrogen and oxygen atoms in total. The first-order valence-electron chi connectivity index (χ1n) is 10.7. The molecule has 1 fully saturated rings. The molecule has 174 valence electrons. The maximum atomic E-state index is 13.3. The van der Waals surface area contributed by atoms with Crippen LogP contribution in [0.1, 0.15) is 16.8 Å². The maximum Gasteiger partial charge on any atom is 0.243 e. The molecular weight excluding hydrogens is 440 g/mol. The zero-order chi connectivity index (χ0) is 23.6. The summed E-state index contributed by atoms with van der Waals surface area (Å²) in [7, 11) is -2.01. The van der Waals surface area contributed by atoms with Crippen molar-refractivity contribution in [1.29, 1.82) is 0 Å². The Bertz CT molecular complexity index is 1240. The number of nitrogens with one attached hydrogen (secondary N) is 1. The lowest BCUT2D eigenvalue weighted by Crippen LogP contribution is -2.49. The zero-order valence-corrected chi connectivity index (χ0v) is 20.1. The van der Waals surface area contributed by atoms with Crippen LogP contribution in [0.25, 0.3) is 0 Å². The summed E-state index contributed by atoms with van der Waals surface area (Å²) in [5.74, 6) is 2.71. The first-order chi connectivity index (χ1) is 15.8. The van der Waals surface area contributed by atoms with Gasteiger partial charge >= 0.3 is 0 Å². The van der Waals surface area contributed by atoms with Crippen LogP contribution in [0.4, 0.5) is 17.5 Å². The van der Waals surface area contributed by atoms with E-state index in [4.69, 9.17) is 4.74 Å². The van der Waals surface area contributed by atoms with Gasteiger partial charge in [-0.3, -0.25) is 0 Å². The lowest BCUT2D eigenvalue weighted by Gasteiger charge is -2.34. The Hall–Kier alpha value is -3.24. The topological polar surface area (TPSA) is 101 Å². The quantitative estimate of drug-likeness (QED) is 0.589. The van der Waals surface area contributed by atoms with Crippen molar-refractivity contribution in [1.82, 2.24) is 19.5 Å². The molecule has 0 radical (unpaired) electrons. The number of sulfonamides is 1. The maximum absolute atomic E-state index is 13.3. The van der Waals surface area contributed by atoms with Crippen molar-refractivity contribution in [2.45, 2.75) is 25.7 Å². The molecule has 0 saturated carbocycles. The number of piperazine rings is 1. The van der Waals surface area contributed by atoms with Gasteiger partial charge in [0.1, 0.15) is 11.6 Å². The van der Waals surface area contributed by atoms with E-state index in [0.29, 0.717) is 59.8 Å². The molecule has 1 N–H and O–H groups in total. The van der Waals surface area contributed by atoms with Crippen molar-refractivity contribution >= 4 is 27.5 Å². The van der Waals surface area contributed by atoms with Gasteiger partial charge in [0.2, 0.25) is 10.0 Å². The summed E-state index contributed by atoms with van der Waals surface area (Å²) in [6, 6.07) is 12.9. The molecule has 1 aliphatic rings. The third kappa shape index (κ3) is 4.91. The first-order valence-corrected chi connectivity index (χ1v) is 12.2. The van der Waals surface area contributed by atoms with Gasteiger partial charge in [0, 0.05) is 31.9 Å². The number of ether oxygens (including phenoxy) is 1. The highest BCUT2D eigenvalue weighted by Crippen LogP contribution is 2.28. The van der Waals surface area contributed by atoms with Crippen LogP contribution in [-0.4, -0.2) is 61.2 Å². The van der Waals surface area contributed by atoms with E-state index in [1.165, 1.54) is 4.31 Å². The summed E-state index contributed by atoms with van der Waals surface area (Å²) in [6.45, 7) is 7.40. The van der Waals surface area contributed by atoms with Crippen molar-refractivity contribution in [3.05, 3.63) is 59.3 Å². The van der Waals surface area contributed by atoms with Gasteiger partial charge in [0.05, 0.1) is 12.0 Å². The van der Waals surface area contributed by atoms with Gasteiger partial charge in [-0.25, -0.2) is 13.4 Å². The lowest BCUT2D eigenvalue weighted by atomic mass is 10.1. The summed E-state index contributed by atoms with van der Waals surface area (Å²) < 4.78 is 33.4. The number of benzene rings is 1. The third-order valence-corrected chi connectivity index (χ3v) is 7.71. The van der Waals surface area contributed by atoms with Crippen LogP contribution in [0.2, 0.25) is 0 Å². The van der Waals surface area contributed by atoms with Crippen molar-refractivity contribution in [3.8, 4) is 5.75 Å². The van der Waals surface area contributed by atoms with E-state index in [-0.39, 0.29) is 0 Å². The number of methoxy groups -OCH3 is 1. The van der Waals surface area contributed by atoms with Crippen LogP contribution in [0, 0.1) is 20.8 Å². The summed E-state index contributed by atoms with van der Waals surface area (Å²) in [5, 5.41) is 11.7. The smallest absolute Gasteiger partial charge is 0.243 e. The molecule has 0 spiro atoms. The Balaban J connectivity index is 1.42. The number of rotatable bonds is 6. The minimum absolute atomic E-state index is 0.328. The number of anilines is 3. The standard InChI is InChI=1S/C23H28N6O3S/c1-16-15-20(17(2)14-19(16)32-4)33(30,31)29-12-10-28(11-13-29)23-9-8-22(26-27-23)25-21-7-5-6-18(3)24-21/h5-9,14-15H,10-13H2,1-4H3,(H,24,25,26). The monoisotopic (exact) mass is 468 g/mol. The Morgan fingerprint density at radius 2 is 1.67 bits per heavy atom. The summed E-state index contributed by atoms with van der Waals surface area (Å²) in [5.41, 5.74) is 2.39. The lowest BCUT2D eigenvalue weighted by molar-refractivity contribution is 0.382. The molecule has 2 aromatic heterocycles. The molecular formula is C23H28N6O3S. The fourth-order valence-electron chi connectivity index (χ4n) is 3.86. The minimum atomic E-state index is -3.59. The molecule has 1 saturated heterocycles. The first kappa shape index (κ1) is 22.9. The van der Waals surface area contributed by atoms with Gasteiger partial charge in [0.25, 0.3) is 0 Å². The van der Waals surface area contributed by atoms with Gasteiger partial charge in [-0.15, -0.1) is 10.2 Å². The molecule has 0 amide bonds. The Labute approximate surface area is 194 Å². The number of aromatic nitrogens is 3. The van der Waals surface area contributed by atoms with E-state index in [1.54, 1.807) is 26.2 Å². The molecule has 0 unspecified atom stereocenters. The molecule has 0 atom stereocenters. The van der Waals surface area contributed by atoms with Crippen LogP contribution in [0.3, 0.4) is 0 Å². The van der Waals surface area contributed by atoms with E-state index in [2.05, 4.69) is 20.5 Å². The molecule has 0 bridgehead atoms. The van der Waals surface area contributed by atoms with Gasteiger partial charge in [-0.1, -0.05) is 6.07 Å². The SMILES string of the molecule is COc1cc(C)c(S(=O)(=O)N2CCN(c3ccc(Nc4cccc(C)n4)nn3)CC2)cc1C. The largest absolute Gasteiger partial charge is 0.496 e. The van der Waals surface area contributed by atoms with Gasteiger partial charge < -0.3 is 15.0 Å². The van der Waals surface area contributed by atoms with Crippen LogP contribution in [0.15, 0.2) is 47.4 Å². The van der Waals surface area contributed by atoms with Gasteiger partial charge in [-0.2, -0.15) is 4.31 Å². The Morgan fingerprint density at radius 1 is 0.909 bits per heavy atom. The second-order valence-corrected chi connectivity index (χ2v) is 9.95. The van der Waals surface area contributed by atoms with Crippen LogP contribution < -0.4 is 15.0 Å². The molecule has 33 heavy (non-hydrogen) atoms. The predicted octanol–water partition coefficient (Wildman–Crippen LogP) is 3.06. The number of aryl methyl sites for hydroxylation is 3. The van der Waals surface area contributed by atoms with Gasteiger partial charge in [0.15, 0.2) is 11.6 Å². The van der Waals surface area contributed by atoms with Gasteiger partial charge in [-0.05, 0) is 68.3 Å². The van der Waals surface area contributed by atoms with E-state index >= 15 is 0 Å². The zero-order valence-electron chi connectivity index (χ0n) is 19.2. The molecule has 3 aromatic rings. The van der Waals surface area contributed by atoms with Crippen molar-refractivity contribution in [2.75, 3.05) is 43.5 Å². The van der Waals surface area contributed by atoms with E-state index in [1.807, 2.05) is 49.1 Å². The number of hydrogen-bond acceptors (Lipinski definition) is 8. The number of pyridine rings is 1. The number of nitrogens with zero attached hydrogens (tertiary/aromatic N) is 5. The second kappa shape index (κ2) is 9.32. The highest BCUT2D eigenvalue weighted by Gasteiger charge is 2.30. The second-order valence-electron chi connectivity index (χ2n) is 8.04. The molecule has 3 heterocycles. The van der Waals surface area contributed by atoms with Crippen molar-refractivity contribution < 1.29 is 13.2 Å². The van der Waals surface area contributed by atoms with E-state index in [9.17, 15) is 8.42 Å².